The lowest BCUT2D eigenvalue weighted by Crippen LogP contribution is -2.34. The Labute approximate surface area is 98.5 Å². The number of hydrogen-bond donors (Lipinski definition) is 2. The van der Waals surface area contributed by atoms with Crippen LogP contribution in [0.4, 0.5) is 0 Å². The molecule has 0 aromatic heterocycles. The Hall–Kier alpha value is 0.160. The maximum atomic E-state index is 11.2. The van der Waals surface area contributed by atoms with E-state index in [0.717, 1.165) is 25.7 Å². The minimum Gasteiger partial charge on any atom is -0.328 e. The van der Waals surface area contributed by atoms with E-state index in [-0.39, 0.29) is 18.2 Å². The lowest BCUT2D eigenvalue weighted by Gasteiger charge is -2.25. The fourth-order valence-corrected chi connectivity index (χ4v) is 2.43. The van der Waals surface area contributed by atoms with Crippen LogP contribution in [0.5, 0.6) is 0 Å². The van der Waals surface area contributed by atoms with E-state index < -0.39 is 10.0 Å². The molecule has 0 amide bonds. The van der Waals surface area contributed by atoms with Crippen molar-refractivity contribution >= 4 is 22.4 Å². The summed E-state index contributed by atoms with van der Waals surface area (Å²) < 4.78 is 25.0. The molecule has 3 N–H and O–H groups in total. The molecule has 0 unspecified atom stereocenters. The van der Waals surface area contributed by atoms with Gasteiger partial charge in [-0.3, -0.25) is 0 Å². The second kappa shape index (κ2) is 6.68. The van der Waals surface area contributed by atoms with Crippen LogP contribution in [-0.2, 0) is 10.0 Å². The summed E-state index contributed by atoms with van der Waals surface area (Å²) in [4.78, 5) is 0. The number of rotatable bonds is 4. The number of nitrogens with one attached hydrogen (secondary N) is 1. The van der Waals surface area contributed by atoms with Gasteiger partial charge in [-0.1, -0.05) is 0 Å². The average Bonchev–Trinajstić information content (AvgIpc) is 2.17. The zero-order valence-corrected chi connectivity index (χ0v) is 10.7. The van der Waals surface area contributed by atoms with Gasteiger partial charge in [-0.05, 0) is 38.5 Å². The first-order valence-electron chi connectivity index (χ1n) is 5.26. The van der Waals surface area contributed by atoms with E-state index in [2.05, 4.69) is 4.72 Å². The second-order valence-corrected chi connectivity index (χ2v) is 6.13. The van der Waals surface area contributed by atoms with Crippen LogP contribution in [0.1, 0.15) is 32.6 Å². The molecule has 15 heavy (non-hydrogen) atoms. The van der Waals surface area contributed by atoms with Gasteiger partial charge in [0, 0.05) is 12.6 Å². The van der Waals surface area contributed by atoms with Crippen LogP contribution >= 0.6 is 12.4 Å². The van der Waals surface area contributed by atoms with Crippen molar-refractivity contribution in [2.45, 2.75) is 38.6 Å². The molecule has 0 atom stereocenters. The molecule has 1 rings (SSSR count). The molecule has 1 saturated carbocycles. The van der Waals surface area contributed by atoms with Gasteiger partial charge in [-0.15, -0.1) is 12.4 Å². The molecule has 0 radical (unpaired) electrons. The molecule has 1 aliphatic carbocycles. The molecule has 0 aromatic rings. The standard InChI is InChI=1S/C9H20N2O2S.ClH/c1-2-14(12,13)11-7-8-3-5-9(10)6-4-8;/h8-9,11H,2-7,10H2,1H3;1H. The molecule has 6 heteroatoms. The smallest absolute Gasteiger partial charge is 0.211 e. The van der Waals surface area contributed by atoms with Gasteiger partial charge < -0.3 is 5.73 Å². The molecule has 1 aliphatic rings. The molecule has 0 aromatic carbocycles. The Morgan fingerprint density at radius 2 is 1.80 bits per heavy atom. The molecule has 0 bridgehead atoms. The Morgan fingerprint density at radius 1 is 1.27 bits per heavy atom. The molecule has 0 saturated heterocycles. The van der Waals surface area contributed by atoms with Crippen molar-refractivity contribution in [3.63, 3.8) is 0 Å². The zero-order valence-electron chi connectivity index (χ0n) is 9.11. The number of sulfonamides is 1. The van der Waals surface area contributed by atoms with E-state index in [1.807, 2.05) is 0 Å². The second-order valence-electron chi connectivity index (χ2n) is 4.03. The first kappa shape index (κ1) is 15.2. The quantitative estimate of drug-likeness (QED) is 0.784. The predicted octanol–water partition coefficient (Wildman–Crippen LogP) is 0.865. The van der Waals surface area contributed by atoms with Gasteiger partial charge in [0.1, 0.15) is 0 Å². The molecule has 4 nitrogen and oxygen atoms in total. The SMILES string of the molecule is CCS(=O)(=O)NCC1CCC(N)CC1.Cl. The molecule has 0 aliphatic heterocycles. The largest absolute Gasteiger partial charge is 0.328 e. The summed E-state index contributed by atoms with van der Waals surface area (Å²) >= 11 is 0. The van der Waals surface area contributed by atoms with Crippen LogP contribution in [0.25, 0.3) is 0 Å². The van der Waals surface area contributed by atoms with Crippen molar-refractivity contribution in [3.8, 4) is 0 Å². The van der Waals surface area contributed by atoms with Crippen molar-refractivity contribution in [2.75, 3.05) is 12.3 Å². The summed E-state index contributed by atoms with van der Waals surface area (Å²) in [7, 11) is -3.01. The minimum absolute atomic E-state index is 0. The normalized spacial score (nSPS) is 27.1. The molecular formula is C9H21ClN2O2S. The third kappa shape index (κ3) is 5.70. The summed E-state index contributed by atoms with van der Waals surface area (Å²) in [6.07, 6.45) is 4.15. The van der Waals surface area contributed by atoms with Crippen molar-refractivity contribution in [1.82, 2.24) is 4.72 Å². The van der Waals surface area contributed by atoms with Gasteiger partial charge in [0.05, 0.1) is 5.75 Å². The number of nitrogens with two attached hydrogens (primary N) is 1. The van der Waals surface area contributed by atoms with Gasteiger partial charge in [-0.25, -0.2) is 13.1 Å². The summed E-state index contributed by atoms with van der Waals surface area (Å²) in [5, 5.41) is 0. The summed E-state index contributed by atoms with van der Waals surface area (Å²) in [5.41, 5.74) is 5.77. The van der Waals surface area contributed by atoms with Crippen molar-refractivity contribution in [1.29, 1.82) is 0 Å². The van der Waals surface area contributed by atoms with Crippen molar-refractivity contribution in [3.05, 3.63) is 0 Å². The number of hydrogen-bond acceptors (Lipinski definition) is 3. The summed E-state index contributed by atoms with van der Waals surface area (Å²) in [5.74, 6) is 0.648. The first-order valence-corrected chi connectivity index (χ1v) is 6.91. The van der Waals surface area contributed by atoms with Gasteiger partial charge in [0.25, 0.3) is 0 Å². The lowest BCUT2D eigenvalue weighted by molar-refractivity contribution is 0.326. The van der Waals surface area contributed by atoms with E-state index in [9.17, 15) is 8.42 Å². The van der Waals surface area contributed by atoms with E-state index in [4.69, 9.17) is 5.73 Å². The Kier molecular flexibility index (Phi) is 6.75. The fourth-order valence-electron chi connectivity index (χ4n) is 1.74. The minimum atomic E-state index is -3.01. The fraction of sp³-hybridized carbons (Fsp3) is 1.00. The molecule has 92 valence electrons. The molecule has 0 spiro atoms. The number of halogens is 1. The lowest BCUT2D eigenvalue weighted by atomic mass is 9.87. The topological polar surface area (TPSA) is 72.2 Å². The van der Waals surface area contributed by atoms with Gasteiger partial charge in [0.15, 0.2) is 0 Å². The van der Waals surface area contributed by atoms with E-state index in [1.54, 1.807) is 6.92 Å². The highest BCUT2D eigenvalue weighted by molar-refractivity contribution is 7.89. The van der Waals surface area contributed by atoms with Crippen LogP contribution in [0.15, 0.2) is 0 Å². The van der Waals surface area contributed by atoms with Crippen LogP contribution in [0, 0.1) is 5.92 Å². The Bertz CT molecular complexity index is 261. The van der Waals surface area contributed by atoms with E-state index >= 15 is 0 Å². The highest BCUT2D eigenvalue weighted by Crippen LogP contribution is 2.22. The highest BCUT2D eigenvalue weighted by Gasteiger charge is 2.19. The molecular weight excluding hydrogens is 236 g/mol. The summed E-state index contributed by atoms with van der Waals surface area (Å²) in [6, 6.07) is 0.328. The predicted molar refractivity (Wildman–Crippen MR) is 64.6 cm³/mol. The third-order valence-electron chi connectivity index (χ3n) is 2.86. The molecule has 1 fully saturated rings. The third-order valence-corrected chi connectivity index (χ3v) is 4.23. The van der Waals surface area contributed by atoms with Crippen LogP contribution in [0.2, 0.25) is 0 Å². The van der Waals surface area contributed by atoms with E-state index in [1.165, 1.54) is 0 Å². The Morgan fingerprint density at radius 3 is 2.27 bits per heavy atom. The van der Waals surface area contributed by atoms with Gasteiger partial charge in [0.2, 0.25) is 10.0 Å². The van der Waals surface area contributed by atoms with Crippen LogP contribution in [-0.4, -0.2) is 26.8 Å². The van der Waals surface area contributed by atoms with Gasteiger partial charge in [-0.2, -0.15) is 0 Å². The van der Waals surface area contributed by atoms with Gasteiger partial charge >= 0.3 is 0 Å². The first-order chi connectivity index (χ1) is 6.53. The van der Waals surface area contributed by atoms with E-state index in [0.29, 0.717) is 18.5 Å². The van der Waals surface area contributed by atoms with Crippen molar-refractivity contribution in [2.24, 2.45) is 11.7 Å². The molecule has 0 heterocycles. The average molecular weight is 257 g/mol. The monoisotopic (exact) mass is 256 g/mol. The Balaban J connectivity index is 0.00000196. The van der Waals surface area contributed by atoms with Crippen LogP contribution in [0.3, 0.4) is 0 Å². The van der Waals surface area contributed by atoms with Crippen molar-refractivity contribution < 1.29 is 8.42 Å². The maximum absolute atomic E-state index is 11.2. The zero-order chi connectivity index (χ0) is 10.6. The highest BCUT2D eigenvalue weighted by atomic mass is 35.5. The van der Waals surface area contributed by atoms with Crippen LogP contribution < -0.4 is 10.5 Å². The maximum Gasteiger partial charge on any atom is 0.211 e. The summed E-state index contributed by atoms with van der Waals surface area (Å²) in [6.45, 7) is 2.24.